The maximum atomic E-state index is 5.87. The first-order chi connectivity index (χ1) is 7.70. The van der Waals surface area contributed by atoms with Crippen LogP contribution in [0.5, 0.6) is 0 Å². The van der Waals surface area contributed by atoms with Crippen LogP contribution in [0.3, 0.4) is 0 Å². The highest BCUT2D eigenvalue weighted by Crippen LogP contribution is 2.40. The van der Waals surface area contributed by atoms with Gasteiger partial charge in [0.1, 0.15) is 0 Å². The quantitative estimate of drug-likeness (QED) is 0.922. The van der Waals surface area contributed by atoms with Crippen LogP contribution in [0.2, 0.25) is 0 Å². The first-order valence-electron chi connectivity index (χ1n) is 5.43. The fourth-order valence-corrected chi connectivity index (χ4v) is 4.85. The van der Waals surface area contributed by atoms with Crippen LogP contribution in [0.15, 0.2) is 15.9 Å². The Morgan fingerprint density at radius 2 is 2.50 bits per heavy atom. The molecule has 1 aliphatic rings. The Morgan fingerprint density at radius 1 is 1.69 bits per heavy atom. The number of rotatable bonds is 4. The topological polar surface area (TPSA) is 35.2 Å². The molecule has 0 bridgehead atoms. The lowest BCUT2D eigenvalue weighted by atomic mass is 10.2. The predicted molar refractivity (Wildman–Crippen MR) is 75.2 cm³/mol. The van der Waals surface area contributed by atoms with Gasteiger partial charge in [0, 0.05) is 23.3 Å². The molecule has 1 saturated heterocycles. The van der Waals surface area contributed by atoms with E-state index < -0.39 is 0 Å². The van der Waals surface area contributed by atoms with Crippen LogP contribution in [0.25, 0.3) is 0 Å². The normalized spacial score (nSPS) is 27.2. The lowest BCUT2D eigenvalue weighted by Crippen LogP contribution is -2.18. The molecule has 5 heteroatoms. The van der Waals surface area contributed by atoms with Crippen molar-refractivity contribution >= 4 is 39.0 Å². The van der Waals surface area contributed by atoms with Gasteiger partial charge in [-0.2, -0.15) is 0 Å². The van der Waals surface area contributed by atoms with Gasteiger partial charge < -0.3 is 10.5 Å². The monoisotopic (exact) mass is 321 g/mol. The van der Waals surface area contributed by atoms with Gasteiger partial charge in [0.25, 0.3) is 0 Å². The molecule has 3 unspecified atom stereocenters. The Balaban J connectivity index is 2.00. The lowest BCUT2D eigenvalue weighted by molar-refractivity contribution is 0.127. The van der Waals surface area contributed by atoms with E-state index in [0.717, 1.165) is 13.0 Å². The van der Waals surface area contributed by atoms with Crippen molar-refractivity contribution in [2.75, 3.05) is 13.2 Å². The minimum Gasteiger partial charge on any atom is -0.377 e. The second-order valence-electron chi connectivity index (χ2n) is 3.91. The molecule has 90 valence electrons. The molecule has 1 fully saturated rings. The van der Waals surface area contributed by atoms with E-state index in [0.29, 0.717) is 23.1 Å². The summed E-state index contributed by atoms with van der Waals surface area (Å²) in [6.07, 6.45) is 1.51. The average Bonchev–Trinajstić information content (AvgIpc) is 2.85. The molecule has 1 aliphatic heterocycles. The van der Waals surface area contributed by atoms with Crippen LogP contribution >= 0.6 is 39.0 Å². The van der Waals surface area contributed by atoms with E-state index in [1.54, 1.807) is 11.3 Å². The van der Waals surface area contributed by atoms with Crippen LogP contribution in [-0.2, 0) is 4.74 Å². The van der Waals surface area contributed by atoms with Gasteiger partial charge in [-0.15, -0.1) is 23.1 Å². The maximum absolute atomic E-state index is 5.87. The van der Waals surface area contributed by atoms with E-state index in [1.807, 2.05) is 11.8 Å². The van der Waals surface area contributed by atoms with Crippen LogP contribution < -0.4 is 5.73 Å². The second-order valence-corrected chi connectivity index (χ2v) is 7.85. The summed E-state index contributed by atoms with van der Waals surface area (Å²) in [4.78, 5) is 1.36. The molecule has 0 spiro atoms. The Bertz CT molecular complexity index is 344. The van der Waals surface area contributed by atoms with Crippen molar-refractivity contribution in [1.29, 1.82) is 0 Å². The van der Waals surface area contributed by atoms with Crippen molar-refractivity contribution in [3.63, 3.8) is 0 Å². The zero-order chi connectivity index (χ0) is 11.5. The molecule has 1 aromatic rings. The molecular weight excluding hydrogens is 306 g/mol. The van der Waals surface area contributed by atoms with Gasteiger partial charge in [0.05, 0.1) is 15.1 Å². The van der Waals surface area contributed by atoms with Crippen molar-refractivity contribution in [3.05, 3.63) is 20.8 Å². The fourth-order valence-electron chi connectivity index (χ4n) is 1.84. The molecule has 0 amide bonds. The largest absolute Gasteiger partial charge is 0.377 e. The number of hydrogen-bond acceptors (Lipinski definition) is 4. The highest BCUT2D eigenvalue weighted by atomic mass is 79.9. The third-order valence-electron chi connectivity index (χ3n) is 2.77. The zero-order valence-electron chi connectivity index (χ0n) is 9.19. The first-order valence-corrected chi connectivity index (χ1v) is 7.98. The zero-order valence-corrected chi connectivity index (χ0v) is 12.4. The van der Waals surface area contributed by atoms with Crippen molar-refractivity contribution in [2.45, 2.75) is 29.9 Å². The van der Waals surface area contributed by atoms with E-state index in [9.17, 15) is 0 Å². The van der Waals surface area contributed by atoms with Crippen molar-refractivity contribution in [1.82, 2.24) is 0 Å². The van der Waals surface area contributed by atoms with Crippen LogP contribution in [0.1, 0.15) is 23.5 Å². The van der Waals surface area contributed by atoms with Gasteiger partial charge in [-0.3, -0.25) is 0 Å². The molecule has 0 radical (unpaired) electrons. The fraction of sp³-hybridized carbons (Fsp3) is 0.636. The highest BCUT2D eigenvalue weighted by Gasteiger charge is 2.28. The first kappa shape index (κ1) is 12.9. The summed E-state index contributed by atoms with van der Waals surface area (Å²) in [7, 11) is 0. The number of ether oxygens (including phenoxy) is 1. The van der Waals surface area contributed by atoms with Gasteiger partial charge in [-0.25, -0.2) is 0 Å². The third-order valence-corrected chi connectivity index (χ3v) is 6.40. The molecule has 0 aromatic carbocycles. The molecule has 0 aliphatic carbocycles. The Kier molecular flexibility index (Phi) is 4.73. The summed E-state index contributed by atoms with van der Waals surface area (Å²) in [6, 6.07) is 4.26. The molecule has 1 aromatic heterocycles. The van der Waals surface area contributed by atoms with Gasteiger partial charge >= 0.3 is 0 Å². The summed E-state index contributed by atoms with van der Waals surface area (Å²) in [5.74, 6) is 0. The summed E-state index contributed by atoms with van der Waals surface area (Å²) < 4.78 is 6.76. The van der Waals surface area contributed by atoms with Crippen molar-refractivity contribution < 1.29 is 4.74 Å². The molecule has 2 nitrogen and oxygen atoms in total. The highest BCUT2D eigenvalue weighted by molar-refractivity contribution is 9.11. The Labute approximate surface area is 113 Å². The number of nitrogens with two attached hydrogens (primary N) is 1. The van der Waals surface area contributed by atoms with E-state index >= 15 is 0 Å². The molecule has 16 heavy (non-hydrogen) atoms. The molecule has 0 saturated carbocycles. The predicted octanol–water partition coefficient (Wildman–Crippen LogP) is 3.42. The van der Waals surface area contributed by atoms with Gasteiger partial charge in [0.15, 0.2) is 0 Å². The van der Waals surface area contributed by atoms with Gasteiger partial charge in [-0.1, -0.05) is 0 Å². The van der Waals surface area contributed by atoms with Crippen LogP contribution in [-0.4, -0.2) is 24.5 Å². The summed E-state index contributed by atoms with van der Waals surface area (Å²) in [5, 5.41) is 1.000. The molecule has 3 atom stereocenters. The summed E-state index contributed by atoms with van der Waals surface area (Å²) in [5.41, 5.74) is 5.87. The minimum absolute atomic E-state index is 0.363. The molecular formula is C11H16BrNOS2. The van der Waals surface area contributed by atoms with Gasteiger partial charge in [0.2, 0.25) is 0 Å². The molecule has 2 rings (SSSR count). The number of halogens is 1. The van der Waals surface area contributed by atoms with Gasteiger partial charge in [-0.05, 0) is 41.4 Å². The van der Waals surface area contributed by atoms with E-state index in [-0.39, 0.29) is 0 Å². The van der Waals surface area contributed by atoms with Crippen molar-refractivity contribution in [2.24, 2.45) is 5.73 Å². The molecule has 2 heterocycles. The van der Waals surface area contributed by atoms with E-state index in [1.165, 1.54) is 8.66 Å². The maximum Gasteiger partial charge on any atom is 0.0701 e. The average molecular weight is 322 g/mol. The Morgan fingerprint density at radius 3 is 3.00 bits per heavy atom. The lowest BCUT2D eigenvalue weighted by Gasteiger charge is -2.19. The summed E-state index contributed by atoms with van der Waals surface area (Å²) in [6.45, 7) is 3.74. The Hall–Kier alpha value is 0.450. The molecule has 2 N–H and O–H groups in total. The summed E-state index contributed by atoms with van der Waals surface area (Å²) >= 11 is 7.24. The van der Waals surface area contributed by atoms with Crippen LogP contribution in [0, 0.1) is 0 Å². The number of hydrogen-bond donors (Lipinski definition) is 1. The standard InChI is InChI=1S/C11H16BrNOS2/c1-7-8(4-5-14-7)15-10(6-13)9-2-3-11(12)16-9/h2-3,7-8,10H,4-6,13H2,1H3. The minimum atomic E-state index is 0.363. The SMILES string of the molecule is CC1OCCC1SC(CN)c1ccc(Br)s1. The smallest absolute Gasteiger partial charge is 0.0701 e. The van der Waals surface area contributed by atoms with E-state index in [4.69, 9.17) is 10.5 Å². The second kappa shape index (κ2) is 5.87. The van der Waals surface area contributed by atoms with Crippen molar-refractivity contribution in [3.8, 4) is 0 Å². The number of thioether (sulfide) groups is 1. The number of thiophene rings is 1. The van der Waals surface area contributed by atoms with E-state index in [2.05, 4.69) is 35.0 Å². The van der Waals surface area contributed by atoms with Crippen LogP contribution in [0.4, 0.5) is 0 Å². The third kappa shape index (κ3) is 3.01.